The number of hydrogen-bond donors (Lipinski definition) is 0. The van der Waals surface area contributed by atoms with E-state index in [2.05, 4.69) is 6.92 Å². The molecule has 21 heavy (non-hydrogen) atoms. The molecule has 0 unspecified atom stereocenters. The van der Waals surface area contributed by atoms with Gasteiger partial charge < -0.3 is 14.2 Å². The Morgan fingerprint density at radius 2 is 1.52 bits per heavy atom. The molecule has 0 N–H and O–H groups in total. The maximum atomic E-state index is 11.4. The number of ether oxygens (including phenoxy) is 3. The molecule has 0 aliphatic rings. The predicted molar refractivity (Wildman–Crippen MR) is 85.4 cm³/mol. The van der Waals surface area contributed by atoms with Crippen molar-refractivity contribution in [1.82, 2.24) is 0 Å². The van der Waals surface area contributed by atoms with Gasteiger partial charge in [0, 0.05) is 12.7 Å². The Bertz CT molecular complexity index is 251. The number of rotatable bonds is 15. The molecule has 4 nitrogen and oxygen atoms in total. The third kappa shape index (κ3) is 17.1. The molecule has 0 saturated carbocycles. The lowest BCUT2D eigenvalue weighted by Crippen LogP contribution is -2.11. The van der Waals surface area contributed by atoms with E-state index in [-0.39, 0.29) is 5.97 Å². The highest BCUT2D eigenvalue weighted by Crippen LogP contribution is 2.07. The second-order valence-corrected chi connectivity index (χ2v) is 4.94. The standard InChI is InChI=1S/C17H32O4/c1-3-5-6-7-8-9-10-11-12-17(18)21-16-15-20-14-13-19-4-2/h11-12H,3-10,13-16H2,1-2H3. The first kappa shape index (κ1) is 20.1. The Balaban J connectivity index is 3.26. The molecule has 0 rings (SSSR count). The Morgan fingerprint density at radius 1 is 0.857 bits per heavy atom. The molecule has 0 atom stereocenters. The molecule has 0 fully saturated rings. The van der Waals surface area contributed by atoms with E-state index in [0.29, 0.717) is 33.0 Å². The average molecular weight is 300 g/mol. The molecular weight excluding hydrogens is 268 g/mol. The second-order valence-electron chi connectivity index (χ2n) is 4.94. The van der Waals surface area contributed by atoms with E-state index in [4.69, 9.17) is 14.2 Å². The number of carbonyl (C=O) groups is 1. The summed E-state index contributed by atoms with van der Waals surface area (Å²) in [4.78, 5) is 11.4. The van der Waals surface area contributed by atoms with Crippen LogP contribution in [0.1, 0.15) is 58.8 Å². The smallest absolute Gasteiger partial charge is 0.330 e. The van der Waals surface area contributed by atoms with Crippen molar-refractivity contribution in [2.45, 2.75) is 58.8 Å². The number of unbranched alkanes of at least 4 members (excludes halogenated alkanes) is 6. The van der Waals surface area contributed by atoms with Gasteiger partial charge in [-0.15, -0.1) is 0 Å². The van der Waals surface area contributed by atoms with Crippen molar-refractivity contribution in [2.75, 3.05) is 33.0 Å². The number of esters is 1. The summed E-state index contributed by atoms with van der Waals surface area (Å²) in [6.07, 6.45) is 12.0. The van der Waals surface area contributed by atoms with Gasteiger partial charge in [0.15, 0.2) is 0 Å². The molecule has 0 bridgehead atoms. The van der Waals surface area contributed by atoms with E-state index in [0.717, 1.165) is 12.8 Å². The average Bonchev–Trinajstić information content (AvgIpc) is 2.49. The van der Waals surface area contributed by atoms with Crippen molar-refractivity contribution in [3.8, 4) is 0 Å². The molecule has 0 aliphatic carbocycles. The molecule has 0 aliphatic heterocycles. The summed E-state index contributed by atoms with van der Waals surface area (Å²) in [5, 5.41) is 0. The van der Waals surface area contributed by atoms with Gasteiger partial charge in [-0.25, -0.2) is 4.79 Å². The summed E-state index contributed by atoms with van der Waals surface area (Å²) in [5.41, 5.74) is 0. The summed E-state index contributed by atoms with van der Waals surface area (Å²) >= 11 is 0. The number of hydrogen-bond acceptors (Lipinski definition) is 4. The van der Waals surface area contributed by atoms with E-state index in [1.165, 1.54) is 38.2 Å². The van der Waals surface area contributed by atoms with Crippen molar-refractivity contribution in [3.05, 3.63) is 12.2 Å². The van der Waals surface area contributed by atoms with Crippen LogP contribution in [0, 0.1) is 0 Å². The van der Waals surface area contributed by atoms with E-state index in [1.54, 1.807) is 0 Å². The van der Waals surface area contributed by atoms with Crippen molar-refractivity contribution < 1.29 is 19.0 Å². The summed E-state index contributed by atoms with van der Waals surface area (Å²) in [6.45, 7) is 6.71. The van der Waals surface area contributed by atoms with Gasteiger partial charge in [-0.3, -0.25) is 0 Å². The van der Waals surface area contributed by atoms with Crippen LogP contribution in [0.3, 0.4) is 0 Å². The summed E-state index contributed by atoms with van der Waals surface area (Å²) in [6, 6.07) is 0. The zero-order valence-electron chi connectivity index (χ0n) is 13.8. The van der Waals surface area contributed by atoms with Crippen molar-refractivity contribution in [1.29, 1.82) is 0 Å². The number of carbonyl (C=O) groups excluding carboxylic acids is 1. The van der Waals surface area contributed by atoms with Crippen LogP contribution < -0.4 is 0 Å². The minimum Gasteiger partial charge on any atom is -0.460 e. The van der Waals surface area contributed by atoms with E-state index < -0.39 is 0 Å². The van der Waals surface area contributed by atoms with Crippen LogP contribution in [0.15, 0.2) is 12.2 Å². The van der Waals surface area contributed by atoms with E-state index >= 15 is 0 Å². The maximum Gasteiger partial charge on any atom is 0.330 e. The maximum absolute atomic E-state index is 11.4. The zero-order valence-corrected chi connectivity index (χ0v) is 13.8. The predicted octanol–water partition coefficient (Wildman–Crippen LogP) is 3.89. The second kappa shape index (κ2) is 17.2. The molecule has 124 valence electrons. The van der Waals surface area contributed by atoms with E-state index in [9.17, 15) is 4.79 Å². The Labute approximate surface area is 129 Å². The Kier molecular flexibility index (Phi) is 16.5. The van der Waals surface area contributed by atoms with Crippen LogP contribution in [-0.2, 0) is 19.0 Å². The fourth-order valence-electron chi connectivity index (χ4n) is 1.84. The van der Waals surface area contributed by atoms with Crippen molar-refractivity contribution >= 4 is 5.97 Å². The Morgan fingerprint density at radius 3 is 2.29 bits per heavy atom. The van der Waals surface area contributed by atoms with Crippen molar-refractivity contribution in [3.63, 3.8) is 0 Å². The molecule has 0 amide bonds. The third-order valence-electron chi connectivity index (χ3n) is 3.03. The topological polar surface area (TPSA) is 44.8 Å². The quantitative estimate of drug-likeness (QED) is 0.261. The van der Waals surface area contributed by atoms with Gasteiger partial charge in [0.05, 0.1) is 19.8 Å². The van der Waals surface area contributed by atoms with Gasteiger partial charge in [-0.2, -0.15) is 0 Å². The van der Waals surface area contributed by atoms with Crippen LogP contribution in [0.5, 0.6) is 0 Å². The monoisotopic (exact) mass is 300 g/mol. The lowest BCUT2D eigenvalue weighted by Gasteiger charge is -2.04. The molecule has 0 aromatic heterocycles. The highest BCUT2D eigenvalue weighted by atomic mass is 16.6. The fourth-order valence-corrected chi connectivity index (χ4v) is 1.84. The third-order valence-corrected chi connectivity index (χ3v) is 3.03. The first-order valence-electron chi connectivity index (χ1n) is 8.30. The van der Waals surface area contributed by atoms with Gasteiger partial charge in [0.2, 0.25) is 0 Å². The van der Waals surface area contributed by atoms with Crippen LogP contribution in [0.25, 0.3) is 0 Å². The molecular formula is C17H32O4. The molecule has 0 spiro atoms. The molecule has 0 saturated heterocycles. The Hall–Kier alpha value is -0.870. The molecule has 0 radical (unpaired) electrons. The first-order valence-corrected chi connectivity index (χ1v) is 8.30. The first-order chi connectivity index (χ1) is 10.3. The van der Waals surface area contributed by atoms with E-state index in [1.807, 2.05) is 13.0 Å². The van der Waals surface area contributed by atoms with Crippen molar-refractivity contribution in [2.24, 2.45) is 0 Å². The molecule has 0 aromatic carbocycles. The minimum atomic E-state index is -0.283. The SMILES string of the molecule is CCCCCCCCC=CC(=O)OCCOCCOCC. The van der Waals surface area contributed by atoms with Crippen LogP contribution >= 0.6 is 0 Å². The van der Waals surface area contributed by atoms with Gasteiger partial charge >= 0.3 is 5.97 Å². The fraction of sp³-hybridized carbons (Fsp3) is 0.824. The highest BCUT2D eigenvalue weighted by Gasteiger charge is 1.96. The summed E-state index contributed by atoms with van der Waals surface area (Å²) in [5.74, 6) is -0.283. The zero-order chi connectivity index (χ0) is 15.6. The largest absolute Gasteiger partial charge is 0.460 e. The van der Waals surface area contributed by atoms with Crippen LogP contribution in [0.4, 0.5) is 0 Å². The number of allylic oxidation sites excluding steroid dienone is 1. The summed E-state index contributed by atoms with van der Waals surface area (Å²) < 4.78 is 15.4. The van der Waals surface area contributed by atoms with Crippen LogP contribution in [0.2, 0.25) is 0 Å². The van der Waals surface area contributed by atoms with Gasteiger partial charge in [0.1, 0.15) is 6.61 Å². The normalized spacial score (nSPS) is 11.1. The van der Waals surface area contributed by atoms with Gasteiger partial charge in [0.25, 0.3) is 0 Å². The molecule has 0 heterocycles. The highest BCUT2D eigenvalue weighted by molar-refractivity contribution is 5.81. The molecule has 0 aromatic rings. The van der Waals surface area contributed by atoms with Crippen LogP contribution in [-0.4, -0.2) is 39.0 Å². The van der Waals surface area contributed by atoms with Gasteiger partial charge in [-0.1, -0.05) is 45.1 Å². The lowest BCUT2D eigenvalue weighted by atomic mass is 10.1. The van der Waals surface area contributed by atoms with Gasteiger partial charge in [-0.05, 0) is 19.8 Å². The lowest BCUT2D eigenvalue weighted by molar-refractivity contribution is -0.139. The summed E-state index contributed by atoms with van der Waals surface area (Å²) in [7, 11) is 0. The minimum absolute atomic E-state index is 0.283. The molecule has 4 heteroatoms.